The molecule has 248 valence electrons. The predicted molar refractivity (Wildman–Crippen MR) is 186 cm³/mol. The summed E-state index contributed by atoms with van der Waals surface area (Å²) < 4.78 is 0. The van der Waals surface area contributed by atoms with E-state index in [1.807, 2.05) is 24.3 Å². The molecule has 4 atom stereocenters. The van der Waals surface area contributed by atoms with Crippen molar-refractivity contribution >= 4 is 46.4 Å². The lowest BCUT2D eigenvalue weighted by molar-refractivity contribution is 0.397. The fourth-order valence-corrected chi connectivity index (χ4v) is 7.73. The third-order valence-corrected chi connectivity index (χ3v) is 10.2. The van der Waals surface area contributed by atoms with E-state index in [4.69, 9.17) is 46.4 Å². The topological polar surface area (TPSA) is 80.9 Å². The second-order valence-corrected chi connectivity index (χ2v) is 15.9. The summed E-state index contributed by atoms with van der Waals surface area (Å²) in [5.74, 6) is 1.52. The highest BCUT2D eigenvalue weighted by molar-refractivity contribution is 6.44. The molecule has 0 saturated carbocycles. The molecule has 0 radical (unpaired) electrons. The van der Waals surface area contributed by atoms with Gasteiger partial charge in [0.05, 0.1) is 0 Å². The maximum atomic E-state index is 11.1. The van der Waals surface area contributed by atoms with Crippen LogP contribution in [0.15, 0.2) is 24.3 Å². The maximum Gasteiger partial charge on any atom is 0.123 e. The molecular formula is C36H52Cl4O4. The van der Waals surface area contributed by atoms with Gasteiger partial charge >= 0.3 is 0 Å². The third-order valence-electron chi connectivity index (χ3n) is 9.33. The van der Waals surface area contributed by atoms with E-state index in [9.17, 15) is 20.4 Å². The van der Waals surface area contributed by atoms with Crippen molar-refractivity contribution in [1.82, 2.24) is 0 Å². The number of benzene rings is 2. The van der Waals surface area contributed by atoms with Gasteiger partial charge in [-0.05, 0) is 110 Å². The summed E-state index contributed by atoms with van der Waals surface area (Å²) in [5, 5.41) is 44.4. The summed E-state index contributed by atoms with van der Waals surface area (Å²) in [6, 6.07) is 7.35. The van der Waals surface area contributed by atoms with Gasteiger partial charge in [-0.1, -0.05) is 65.2 Å². The SMILES string of the molecule is CC1CCCCC(CCCC(Cl)Cl)c2c(O)cc(cc2O)CC(C)CCCCC(CCCC(Cl)Cl)c2c(O)cc(cc2O)C1. The Morgan fingerprint density at radius 2 is 0.886 bits per heavy atom. The minimum Gasteiger partial charge on any atom is -0.508 e. The lowest BCUT2D eigenvalue weighted by Gasteiger charge is -2.23. The van der Waals surface area contributed by atoms with Gasteiger partial charge in [-0.25, -0.2) is 0 Å². The van der Waals surface area contributed by atoms with Crippen LogP contribution in [0.2, 0.25) is 0 Å². The first-order valence-electron chi connectivity index (χ1n) is 16.6. The standard InChI is InChI=1S/C36H52Cl4O4/c1-23-9-3-5-11-27(13-7-15-33(37)38)36-31(43)21-26(22-32(36)44)18-24(2)10-4-6-12-28(14-8-16-34(39)40)35-29(41)19-25(17-23)20-30(35)42/h19-24,27-28,33-34,41-44H,3-18H2,1-2H3. The fourth-order valence-electron chi connectivity index (χ4n) is 7.11. The van der Waals surface area contributed by atoms with Crippen molar-refractivity contribution in [3.63, 3.8) is 0 Å². The molecule has 2 aromatic rings. The molecule has 6 rings (SSSR count). The molecule has 2 aromatic carbocycles. The third kappa shape index (κ3) is 12.2. The van der Waals surface area contributed by atoms with Gasteiger partial charge in [-0.2, -0.15) is 0 Å². The molecule has 4 bridgehead atoms. The second kappa shape index (κ2) is 18.8. The summed E-state index contributed by atoms with van der Waals surface area (Å²) in [7, 11) is 0. The monoisotopic (exact) mass is 688 g/mol. The molecule has 0 fully saturated rings. The summed E-state index contributed by atoms with van der Waals surface area (Å²) in [6.45, 7) is 4.40. The number of halogens is 4. The number of hydrogen-bond acceptors (Lipinski definition) is 4. The summed E-state index contributed by atoms with van der Waals surface area (Å²) in [4.78, 5) is -0.840. The Kier molecular flexibility index (Phi) is 15.9. The first-order valence-corrected chi connectivity index (χ1v) is 18.3. The molecule has 0 amide bonds. The average Bonchev–Trinajstić information content (AvgIpc) is 2.91. The van der Waals surface area contributed by atoms with Crippen LogP contribution >= 0.6 is 46.4 Å². The molecular weight excluding hydrogens is 638 g/mol. The Morgan fingerprint density at radius 1 is 0.568 bits per heavy atom. The summed E-state index contributed by atoms with van der Waals surface area (Å²) in [5.41, 5.74) is 3.17. The van der Waals surface area contributed by atoms with E-state index < -0.39 is 9.67 Å². The van der Waals surface area contributed by atoms with Crippen molar-refractivity contribution in [1.29, 1.82) is 0 Å². The van der Waals surface area contributed by atoms with Crippen LogP contribution in [-0.2, 0) is 12.8 Å². The molecule has 0 spiro atoms. The molecule has 0 heterocycles. The zero-order valence-electron chi connectivity index (χ0n) is 26.4. The molecule has 4 aliphatic carbocycles. The largest absolute Gasteiger partial charge is 0.508 e. The van der Waals surface area contributed by atoms with Crippen LogP contribution in [-0.4, -0.2) is 30.1 Å². The van der Waals surface area contributed by atoms with Crippen LogP contribution in [0.1, 0.15) is 138 Å². The second-order valence-electron chi connectivity index (χ2n) is 13.3. The van der Waals surface area contributed by atoms with Crippen molar-refractivity contribution in [2.75, 3.05) is 0 Å². The normalized spacial score (nSPS) is 22.7. The quantitative estimate of drug-likeness (QED) is 0.208. The highest BCUT2D eigenvalue weighted by Gasteiger charge is 2.24. The summed E-state index contributed by atoms with van der Waals surface area (Å²) in [6.07, 6.45) is 13.7. The van der Waals surface area contributed by atoms with Crippen molar-refractivity contribution < 1.29 is 20.4 Å². The molecule has 0 aromatic heterocycles. The van der Waals surface area contributed by atoms with Crippen LogP contribution in [0.4, 0.5) is 0 Å². The zero-order chi connectivity index (χ0) is 32.2. The van der Waals surface area contributed by atoms with Gasteiger partial charge in [0.1, 0.15) is 32.7 Å². The van der Waals surface area contributed by atoms with E-state index in [1.54, 1.807) is 0 Å². The average molecular weight is 691 g/mol. The number of alkyl halides is 4. The van der Waals surface area contributed by atoms with Gasteiger partial charge in [-0.3, -0.25) is 0 Å². The number of phenols is 4. The first-order chi connectivity index (χ1) is 20.9. The van der Waals surface area contributed by atoms with E-state index in [1.165, 1.54) is 0 Å². The van der Waals surface area contributed by atoms with E-state index in [2.05, 4.69) is 13.8 Å². The summed E-state index contributed by atoms with van der Waals surface area (Å²) >= 11 is 24.0. The van der Waals surface area contributed by atoms with Crippen LogP contribution in [0.5, 0.6) is 23.0 Å². The van der Waals surface area contributed by atoms with Crippen molar-refractivity contribution in [3.8, 4) is 23.0 Å². The highest BCUT2D eigenvalue weighted by Crippen LogP contribution is 2.43. The maximum absolute atomic E-state index is 11.1. The van der Waals surface area contributed by atoms with Gasteiger partial charge in [0, 0.05) is 11.1 Å². The molecule has 4 aliphatic rings. The Morgan fingerprint density at radius 3 is 1.20 bits per heavy atom. The minimum absolute atomic E-state index is 0.0239. The van der Waals surface area contributed by atoms with Gasteiger partial charge < -0.3 is 20.4 Å². The lowest BCUT2D eigenvalue weighted by Crippen LogP contribution is -2.07. The number of aromatic hydroxyl groups is 4. The van der Waals surface area contributed by atoms with Crippen molar-refractivity contribution in [2.24, 2.45) is 11.8 Å². The number of hydrogen-bond donors (Lipinski definition) is 4. The van der Waals surface area contributed by atoms with Gasteiger partial charge in [-0.15, -0.1) is 46.4 Å². The Balaban J connectivity index is 1.83. The molecule has 4 nitrogen and oxygen atoms in total. The lowest BCUT2D eigenvalue weighted by atomic mass is 9.84. The first kappa shape index (κ1) is 37.3. The molecule has 0 aliphatic heterocycles. The Labute approximate surface area is 285 Å². The molecule has 0 saturated heterocycles. The van der Waals surface area contributed by atoms with E-state index in [0.717, 1.165) is 101 Å². The van der Waals surface area contributed by atoms with Crippen LogP contribution < -0.4 is 0 Å². The van der Waals surface area contributed by atoms with E-state index in [-0.39, 0.29) is 34.8 Å². The molecule has 4 N–H and O–H groups in total. The van der Waals surface area contributed by atoms with E-state index >= 15 is 0 Å². The zero-order valence-corrected chi connectivity index (χ0v) is 29.4. The van der Waals surface area contributed by atoms with E-state index in [0.29, 0.717) is 35.8 Å². The number of phenolic OH excluding ortho intramolecular Hbond substituents is 4. The van der Waals surface area contributed by atoms with Crippen molar-refractivity contribution in [2.45, 2.75) is 138 Å². The molecule has 44 heavy (non-hydrogen) atoms. The number of rotatable bonds is 8. The molecule has 4 unspecified atom stereocenters. The van der Waals surface area contributed by atoms with Crippen LogP contribution in [0, 0.1) is 11.8 Å². The van der Waals surface area contributed by atoms with Crippen LogP contribution in [0.25, 0.3) is 0 Å². The fraction of sp³-hybridized carbons (Fsp3) is 0.667. The van der Waals surface area contributed by atoms with Gasteiger partial charge in [0.25, 0.3) is 0 Å². The highest BCUT2D eigenvalue weighted by atomic mass is 35.5. The van der Waals surface area contributed by atoms with Gasteiger partial charge in [0.2, 0.25) is 0 Å². The Hall–Kier alpha value is -1.20. The Bertz CT molecular complexity index is 1020. The van der Waals surface area contributed by atoms with Gasteiger partial charge in [0.15, 0.2) is 0 Å². The molecule has 8 heteroatoms. The minimum atomic E-state index is -0.420. The van der Waals surface area contributed by atoms with Crippen molar-refractivity contribution in [3.05, 3.63) is 46.5 Å². The predicted octanol–water partition coefficient (Wildman–Crippen LogP) is 11.8. The smallest absolute Gasteiger partial charge is 0.123 e. The van der Waals surface area contributed by atoms with Crippen LogP contribution in [0.3, 0.4) is 0 Å².